The van der Waals surface area contributed by atoms with Crippen LogP contribution in [0.5, 0.6) is 0 Å². The van der Waals surface area contributed by atoms with Crippen LogP contribution in [0.2, 0.25) is 0 Å². The van der Waals surface area contributed by atoms with Gasteiger partial charge >= 0.3 is 0 Å². The van der Waals surface area contributed by atoms with Crippen molar-refractivity contribution in [1.29, 1.82) is 0 Å². The zero-order valence-electron chi connectivity index (χ0n) is 11.4. The van der Waals surface area contributed by atoms with Gasteiger partial charge in [-0.25, -0.2) is 0 Å². The van der Waals surface area contributed by atoms with Crippen LogP contribution in [-0.2, 0) is 9.53 Å². The van der Waals surface area contributed by atoms with Gasteiger partial charge < -0.3 is 9.64 Å². The molecule has 0 aromatic rings. The lowest BCUT2D eigenvalue weighted by atomic mass is 9.98. The third-order valence-electron chi connectivity index (χ3n) is 3.45. The summed E-state index contributed by atoms with van der Waals surface area (Å²) in [4.78, 5) is 13.8. The highest BCUT2D eigenvalue weighted by atomic mass is 16.5. The maximum atomic E-state index is 11.9. The van der Waals surface area contributed by atoms with Crippen LogP contribution >= 0.6 is 0 Å². The van der Waals surface area contributed by atoms with E-state index in [4.69, 9.17) is 4.74 Å². The average molecular weight is 241 g/mol. The van der Waals surface area contributed by atoms with Gasteiger partial charge in [0.15, 0.2) is 0 Å². The summed E-state index contributed by atoms with van der Waals surface area (Å²) in [7, 11) is 0. The average Bonchev–Trinajstić information content (AvgIpc) is 2.37. The summed E-state index contributed by atoms with van der Waals surface area (Å²) in [6.45, 7) is 6.43. The molecule has 0 spiro atoms. The van der Waals surface area contributed by atoms with Crippen molar-refractivity contribution >= 4 is 5.91 Å². The number of hydrogen-bond acceptors (Lipinski definition) is 2. The van der Waals surface area contributed by atoms with E-state index in [1.165, 1.54) is 32.1 Å². The Labute approximate surface area is 106 Å². The molecule has 0 unspecified atom stereocenters. The van der Waals surface area contributed by atoms with Gasteiger partial charge in [-0.1, -0.05) is 26.2 Å². The molecule has 3 nitrogen and oxygen atoms in total. The fourth-order valence-electron chi connectivity index (χ4n) is 2.43. The Morgan fingerprint density at radius 2 is 1.94 bits per heavy atom. The quantitative estimate of drug-likeness (QED) is 0.686. The SMILES string of the molecule is CCCN(CC)C(=O)CCOC1CCCCC1. The fraction of sp³-hybridized carbons (Fsp3) is 0.929. The monoisotopic (exact) mass is 241 g/mol. The highest BCUT2D eigenvalue weighted by molar-refractivity contribution is 5.76. The number of rotatable bonds is 7. The van der Waals surface area contributed by atoms with Gasteiger partial charge in [0.2, 0.25) is 5.91 Å². The molecule has 1 aliphatic carbocycles. The summed E-state index contributed by atoms with van der Waals surface area (Å²) in [5.74, 6) is 0.241. The van der Waals surface area contributed by atoms with Gasteiger partial charge in [-0.3, -0.25) is 4.79 Å². The van der Waals surface area contributed by atoms with E-state index in [-0.39, 0.29) is 5.91 Å². The van der Waals surface area contributed by atoms with E-state index in [1.54, 1.807) is 0 Å². The molecule has 0 heterocycles. The Morgan fingerprint density at radius 1 is 1.24 bits per heavy atom. The van der Waals surface area contributed by atoms with Crippen molar-refractivity contribution in [2.75, 3.05) is 19.7 Å². The van der Waals surface area contributed by atoms with Gasteiger partial charge in [0.25, 0.3) is 0 Å². The number of hydrogen-bond donors (Lipinski definition) is 0. The van der Waals surface area contributed by atoms with Gasteiger partial charge in [0, 0.05) is 13.1 Å². The van der Waals surface area contributed by atoms with Crippen molar-refractivity contribution in [3.05, 3.63) is 0 Å². The maximum Gasteiger partial charge on any atom is 0.224 e. The van der Waals surface area contributed by atoms with Crippen molar-refractivity contribution < 1.29 is 9.53 Å². The van der Waals surface area contributed by atoms with E-state index in [0.29, 0.717) is 19.1 Å². The summed E-state index contributed by atoms with van der Waals surface area (Å²) < 4.78 is 5.78. The van der Waals surface area contributed by atoms with Crippen LogP contribution < -0.4 is 0 Å². The lowest BCUT2D eigenvalue weighted by Gasteiger charge is -2.23. The molecule has 0 aromatic carbocycles. The molecule has 0 N–H and O–H groups in total. The van der Waals surface area contributed by atoms with Crippen LogP contribution in [-0.4, -0.2) is 36.6 Å². The molecule has 3 heteroatoms. The van der Waals surface area contributed by atoms with E-state index >= 15 is 0 Å². The summed E-state index contributed by atoms with van der Waals surface area (Å²) in [6, 6.07) is 0. The maximum absolute atomic E-state index is 11.9. The first-order valence-corrected chi connectivity index (χ1v) is 7.17. The van der Waals surface area contributed by atoms with E-state index in [0.717, 1.165) is 19.5 Å². The first-order valence-electron chi connectivity index (χ1n) is 7.17. The summed E-state index contributed by atoms with van der Waals surface area (Å²) in [5, 5.41) is 0. The standard InChI is InChI=1S/C14H27NO2/c1-3-11-15(4-2)14(16)10-12-17-13-8-6-5-7-9-13/h13H,3-12H2,1-2H3. The normalized spacial score (nSPS) is 17.1. The minimum Gasteiger partial charge on any atom is -0.378 e. The fourth-order valence-corrected chi connectivity index (χ4v) is 2.43. The number of nitrogens with zero attached hydrogens (tertiary/aromatic N) is 1. The number of carbonyl (C=O) groups excluding carboxylic acids is 1. The summed E-state index contributed by atoms with van der Waals surface area (Å²) in [5.41, 5.74) is 0. The highest BCUT2D eigenvalue weighted by Crippen LogP contribution is 2.20. The molecule has 17 heavy (non-hydrogen) atoms. The molecule has 0 radical (unpaired) electrons. The predicted octanol–water partition coefficient (Wildman–Crippen LogP) is 2.98. The van der Waals surface area contributed by atoms with Crippen molar-refractivity contribution in [2.24, 2.45) is 0 Å². The number of ether oxygens (including phenoxy) is 1. The Hall–Kier alpha value is -0.570. The zero-order valence-corrected chi connectivity index (χ0v) is 11.4. The molecule has 0 aliphatic heterocycles. The molecule has 1 rings (SSSR count). The lowest BCUT2D eigenvalue weighted by Crippen LogP contribution is -2.32. The Bertz CT molecular complexity index is 212. The van der Waals surface area contributed by atoms with Crippen LogP contribution in [0.15, 0.2) is 0 Å². The second kappa shape index (κ2) is 8.51. The molecule has 1 fully saturated rings. The molecule has 0 bridgehead atoms. The van der Waals surface area contributed by atoms with Gasteiger partial charge in [-0.05, 0) is 26.2 Å². The summed E-state index contributed by atoms with van der Waals surface area (Å²) >= 11 is 0. The molecule has 100 valence electrons. The third-order valence-corrected chi connectivity index (χ3v) is 3.45. The minimum absolute atomic E-state index is 0.241. The van der Waals surface area contributed by atoms with Gasteiger partial charge in [0.1, 0.15) is 0 Å². The minimum atomic E-state index is 0.241. The van der Waals surface area contributed by atoms with Crippen LogP contribution in [0.3, 0.4) is 0 Å². The molecular weight excluding hydrogens is 214 g/mol. The Balaban J connectivity index is 2.13. The molecular formula is C14H27NO2. The molecule has 1 aliphatic rings. The highest BCUT2D eigenvalue weighted by Gasteiger charge is 2.15. The van der Waals surface area contributed by atoms with Crippen molar-refractivity contribution in [3.8, 4) is 0 Å². The third kappa shape index (κ3) is 5.53. The van der Waals surface area contributed by atoms with Gasteiger partial charge in [-0.2, -0.15) is 0 Å². The van der Waals surface area contributed by atoms with Gasteiger partial charge in [-0.15, -0.1) is 0 Å². The van der Waals surface area contributed by atoms with Crippen LogP contribution in [0.4, 0.5) is 0 Å². The van der Waals surface area contributed by atoms with Gasteiger partial charge in [0.05, 0.1) is 19.1 Å². The van der Waals surface area contributed by atoms with Crippen molar-refractivity contribution in [2.45, 2.75) is 64.9 Å². The second-order valence-corrected chi connectivity index (χ2v) is 4.85. The molecule has 1 amide bonds. The molecule has 1 saturated carbocycles. The van der Waals surface area contributed by atoms with E-state index in [9.17, 15) is 4.79 Å². The Kier molecular flexibility index (Phi) is 7.25. The second-order valence-electron chi connectivity index (χ2n) is 4.85. The van der Waals surface area contributed by atoms with Crippen LogP contribution in [0.25, 0.3) is 0 Å². The van der Waals surface area contributed by atoms with Crippen molar-refractivity contribution in [3.63, 3.8) is 0 Å². The largest absolute Gasteiger partial charge is 0.378 e. The number of amides is 1. The van der Waals surface area contributed by atoms with Crippen molar-refractivity contribution in [1.82, 2.24) is 4.90 Å². The Morgan fingerprint density at radius 3 is 2.53 bits per heavy atom. The molecule has 0 saturated heterocycles. The summed E-state index contributed by atoms with van der Waals surface area (Å²) in [6.07, 6.45) is 8.27. The van der Waals surface area contributed by atoms with E-state index < -0.39 is 0 Å². The lowest BCUT2D eigenvalue weighted by molar-refractivity contribution is -0.132. The molecule has 0 atom stereocenters. The zero-order chi connectivity index (χ0) is 12.5. The molecule has 0 aromatic heterocycles. The van der Waals surface area contributed by atoms with Crippen LogP contribution in [0, 0.1) is 0 Å². The predicted molar refractivity (Wildman–Crippen MR) is 70.0 cm³/mol. The number of carbonyl (C=O) groups is 1. The first-order chi connectivity index (χ1) is 8.27. The van der Waals surface area contributed by atoms with E-state index in [1.807, 2.05) is 11.8 Å². The smallest absolute Gasteiger partial charge is 0.224 e. The van der Waals surface area contributed by atoms with E-state index in [2.05, 4.69) is 6.92 Å². The first kappa shape index (κ1) is 14.5. The van der Waals surface area contributed by atoms with Crippen LogP contribution in [0.1, 0.15) is 58.8 Å². The topological polar surface area (TPSA) is 29.5 Å².